The number of hydrogen-bond acceptors (Lipinski definition) is 3. The fraction of sp³-hybridized carbons (Fsp3) is 0.300. The van der Waals surface area contributed by atoms with Crippen LogP contribution in [0.3, 0.4) is 0 Å². The average molecular weight is 176 g/mol. The van der Waals surface area contributed by atoms with Crippen molar-refractivity contribution in [3.8, 4) is 11.8 Å². The SMILES string of the molecule is COc1ccccc1C[C@@H](N)C#N. The zero-order chi connectivity index (χ0) is 9.68. The van der Waals surface area contributed by atoms with Crippen LogP contribution in [0.2, 0.25) is 0 Å². The van der Waals surface area contributed by atoms with Crippen molar-refractivity contribution in [1.82, 2.24) is 0 Å². The zero-order valence-corrected chi connectivity index (χ0v) is 7.53. The standard InChI is InChI=1S/C10H12N2O/c1-13-10-5-3-2-4-8(10)6-9(12)7-11/h2-5,9H,6,12H2,1H3/t9-/m1/s1. The van der Waals surface area contributed by atoms with Gasteiger partial charge >= 0.3 is 0 Å². The Hall–Kier alpha value is -1.53. The summed E-state index contributed by atoms with van der Waals surface area (Å²) in [7, 11) is 1.61. The fourth-order valence-corrected chi connectivity index (χ4v) is 1.15. The van der Waals surface area contributed by atoms with E-state index >= 15 is 0 Å². The Kier molecular flexibility index (Phi) is 3.30. The first-order valence-electron chi connectivity index (χ1n) is 4.05. The van der Waals surface area contributed by atoms with Crippen LogP contribution in [0.4, 0.5) is 0 Å². The van der Waals surface area contributed by atoms with Crippen molar-refractivity contribution in [2.45, 2.75) is 12.5 Å². The molecule has 0 fully saturated rings. The van der Waals surface area contributed by atoms with E-state index in [2.05, 4.69) is 0 Å². The van der Waals surface area contributed by atoms with Gasteiger partial charge in [0.15, 0.2) is 0 Å². The highest BCUT2D eigenvalue weighted by Crippen LogP contribution is 2.18. The van der Waals surface area contributed by atoms with E-state index in [-0.39, 0.29) is 0 Å². The molecular formula is C10H12N2O. The van der Waals surface area contributed by atoms with E-state index in [9.17, 15) is 0 Å². The van der Waals surface area contributed by atoms with Crippen molar-refractivity contribution >= 4 is 0 Å². The highest BCUT2D eigenvalue weighted by molar-refractivity contribution is 5.34. The van der Waals surface area contributed by atoms with Gasteiger partial charge in [0.05, 0.1) is 19.2 Å². The molecule has 1 rings (SSSR count). The van der Waals surface area contributed by atoms with Crippen molar-refractivity contribution in [1.29, 1.82) is 5.26 Å². The summed E-state index contributed by atoms with van der Waals surface area (Å²) < 4.78 is 5.13. The summed E-state index contributed by atoms with van der Waals surface area (Å²) >= 11 is 0. The van der Waals surface area contributed by atoms with Gasteiger partial charge in [-0.1, -0.05) is 18.2 Å². The number of nitriles is 1. The van der Waals surface area contributed by atoms with Gasteiger partial charge in [-0.05, 0) is 11.6 Å². The molecular weight excluding hydrogens is 164 g/mol. The van der Waals surface area contributed by atoms with Crippen LogP contribution in [-0.4, -0.2) is 13.2 Å². The first-order valence-corrected chi connectivity index (χ1v) is 4.05. The Morgan fingerprint density at radius 2 is 2.23 bits per heavy atom. The van der Waals surface area contributed by atoms with Gasteiger partial charge in [0.25, 0.3) is 0 Å². The molecule has 1 aromatic rings. The van der Waals surface area contributed by atoms with Crippen LogP contribution in [0.1, 0.15) is 5.56 Å². The minimum atomic E-state index is -0.462. The van der Waals surface area contributed by atoms with Gasteiger partial charge in [0.2, 0.25) is 0 Å². The molecule has 68 valence electrons. The third kappa shape index (κ3) is 2.46. The summed E-state index contributed by atoms with van der Waals surface area (Å²) in [5.41, 5.74) is 6.48. The Labute approximate surface area is 77.7 Å². The number of hydrogen-bond donors (Lipinski definition) is 1. The molecule has 1 atom stereocenters. The molecule has 0 bridgehead atoms. The number of ether oxygens (including phenoxy) is 1. The highest BCUT2D eigenvalue weighted by atomic mass is 16.5. The minimum Gasteiger partial charge on any atom is -0.496 e. The van der Waals surface area contributed by atoms with E-state index in [4.69, 9.17) is 15.7 Å². The normalized spacial score (nSPS) is 11.8. The second kappa shape index (κ2) is 4.48. The molecule has 3 nitrogen and oxygen atoms in total. The Morgan fingerprint density at radius 1 is 1.54 bits per heavy atom. The maximum absolute atomic E-state index is 8.54. The van der Waals surface area contributed by atoms with Gasteiger partial charge in [-0.25, -0.2) is 0 Å². The molecule has 0 aliphatic heterocycles. The van der Waals surface area contributed by atoms with Crippen LogP contribution < -0.4 is 10.5 Å². The fourth-order valence-electron chi connectivity index (χ4n) is 1.15. The first kappa shape index (κ1) is 9.56. The Morgan fingerprint density at radius 3 is 2.85 bits per heavy atom. The van der Waals surface area contributed by atoms with Crippen LogP contribution in [-0.2, 0) is 6.42 Å². The summed E-state index contributed by atoms with van der Waals surface area (Å²) in [4.78, 5) is 0. The van der Waals surface area contributed by atoms with Crippen molar-refractivity contribution in [2.24, 2.45) is 5.73 Å². The first-order chi connectivity index (χ1) is 6.27. The molecule has 0 amide bonds. The number of benzene rings is 1. The number of para-hydroxylation sites is 1. The van der Waals surface area contributed by atoms with Gasteiger partial charge < -0.3 is 10.5 Å². The van der Waals surface area contributed by atoms with Crippen LogP contribution in [0.15, 0.2) is 24.3 Å². The molecule has 0 saturated carbocycles. The summed E-state index contributed by atoms with van der Waals surface area (Å²) in [6, 6.07) is 9.09. The van der Waals surface area contributed by atoms with Gasteiger partial charge in [0, 0.05) is 6.42 Å². The van der Waals surface area contributed by atoms with E-state index in [0.717, 1.165) is 11.3 Å². The quantitative estimate of drug-likeness (QED) is 0.749. The Bertz CT molecular complexity index is 317. The lowest BCUT2D eigenvalue weighted by atomic mass is 10.1. The zero-order valence-electron chi connectivity index (χ0n) is 7.53. The molecule has 0 saturated heterocycles. The smallest absolute Gasteiger partial charge is 0.122 e. The largest absolute Gasteiger partial charge is 0.496 e. The summed E-state index contributed by atoms with van der Waals surface area (Å²) in [6.07, 6.45) is 0.528. The van der Waals surface area contributed by atoms with Gasteiger partial charge in [-0.2, -0.15) is 5.26 Å². The number of methoxy groups -OCH3 is 1. The molecule has 0 aromatic heterocycles. The second-order valence-electron chi connectivity index (χ2n) is 2.75. The van der Waals surface area contributed by atoms with E-state index in [1.54, 1.807) is 7.11 Å². The second-order valence-corrected chi connectivity index (χ2v) is 2.75. The van der Waals surface area contributed by atoms with E-state index in [1.165, 1.54) is 0 Å². The van der Waals surface area contributed by atoms with Crippen LogP contribution in [0.5, 0.6) is 5.75 Å². The molecule has 0 aliphatic carbocycles. The van der Waals surface area contributed by atoms with Crippen LogP contribution in [0.25, 0.3) is 0 Å². The number of nitrogens with zero attached hydrogens (tertiary/aromatic N) is 1. The van der Waals surface area contributed by atoms with Crippen molar-refractivity contribution < 1.29 is 4.74 Å². The lowest BCUT2D eigenvalue weighted by Crippen LogP contribution is -2.20. The predicted molar refractivity (Wildman–Crippen MR) is 50.3 cm³/mol. The van der Waals surface area contributed by atoms with E-state index in [0.29, 0.717) is 6.42 Å². The lowest BCUT2D eigenvalue weighted by Gasteiger charge is -2.08. The number of rotatable bonds is 3. The maximum Gasteiger partial charge on any atom is 0.122 e. The average Bonchev–Trinajstić information content (AvgIpc) is 2.18. The van der Waals surface area contributed by atoms with Crippen molar-refractivity contribution in [2.75, 3.05) is 7.11 Å². The molecule has 2 N–H and O–H groups in total. The number of nitrogens with two attached hydrogens (primary N) is 1. The topological polar surface area (TPSA) is 59.0 Å². The summed E-state index contributed by atoms with van der Waals surface area (Å²) in [5, 5.41) is 8.54. The van der Waals surface area contributed by atoms with Crippen molar-refractivity contribution in [3.05, 3.63) is 29.8 Å². The van der Waals surface area contributed by atoms with Gasteiger partial charge in [-0.15, -0.1) is 0 Å². The summed E-state index contributed by atoms with van der Waals surface area (Å²) in [6.45, 7) is 0. The maximum atomic E-state index is 8.54. The molecule has 0 heterocycles. The molecule has 1 aromatic carbocycles. The summed E-state index contributed by atoms with van der Waals surface area (Å²) in [5.74, 6) is 0.785. The van der Waals surface area contributed by atoms with Crippen LogP contribution in [0, 0.1) is 11.3 Å². The van der Waals surface area contributed by atoms with Crippen molar-refractivity contribution in [3.63, 3.8) is 0 Å². The third-order valence-corrected chi connectivity index (χ3v) is 1.80. The molecule has 13 heavy (non-hydrogen) atoms. The van der Waals surface area contributed by atoms with E-state index in [1.807, 2.05) is 30.3 Å². The third-order valence-electron chi connectivity index (χ3n) is 1.80. The predicted octanol–water partition coefficient (Wildman–Crippen LogP) is 1.09. The van der Waals surface area contributed by atoms with E-state index < -0.39 is 6.04 Å². The molecule has 0 radical (unpaired) electrons. The molecule has 0 unspecified atom stereocenters. The lowest BCUT2D eigenvalue weighted by molar-refractivity contribution is 0.409. The van der Waals surface area contributed by atoms with Gasteiger partial charge in [0.1, 0.15) is 5.75 Å². The minimum absolute atomic E-state index is 0.462. The van der Waals surface area contributed by atoms with Crippen LogP contribution >= 0.6 is 0 Å². The molecule has 0 spiro atoms. The molecule has 0 aliphatic rings. The highest BCUT2D eigenvalue weighted by Gasteiger charge is 2.06. The Balaban J connectivity index is 2.82. The van der Waals surface area contributed by atoms with Gasteiger partial charge in [-0.3, -0.25) is 0 Å². The molecule has 3 heteroatoms. The monoisotopic (exact) mass is 176 g/mol.